The lowest BCUT2D eigenvalue weighted by atomic mass is 9.89. The number of likely N-dealkylation sites (tertiary alicyclic amines) is 1. The maximum atomic E-state index is 13.5. The first-order chi connectivity index (χ1) is 18.1. The number of piperidine rings is 2. The zero-order valence-electron chi connectivity index (χ0n) is 21.2. The standard InChI is InChI=1S/C27H32F3N7O/c1-36-8-5-16(6-9-36)17-2-3-18-10-21(32)25(34-22(18)11-17)26(38)35-23-13-33-7-4-24(23)37-14-19(27(28,29)30)12-20(31)15-37/h2-4,7,10-11,13,16,19-20H,5-6,8-9,12,14-15,31-32H2,1H3,(H,35,38)/t19?,20-/m0/s1. The third kappa shape index (κ3) is 5.53. The summed E-state index contributed by atoms with van der Waals surface area (Å²) in [6.07, 6.45) is 0.506. The molecule has 5 N–H and O–H groups in total. The summed E-state index contributed by atoms with van der Waals surface area (Å²) in [5.74, 6) is -1.68. The molecule has 0 saturated carbocycles. The van der Waals surface area contributed by atoms with Crippen molar-refractivity contribution in [3.8, 4) is 0 Å². The van der Waals surface area contributed by atoms with Crippen molar-refractivity contribution in [3.63, 3.8) is 0 Å². The van der Waals surface area contributed by atoms with Crippen LogP contribution in [0.25, 0.3) is 10.9 Å². The first kappa shape index (κ1) is 26.2. The molecule has 2 saturated heterocycles. The minimum atomic E-state index is -4.36. The zero-order chi connectivity index (χ0) is 27.0. The number of nitrogens with two attached hydrogens (primary N) is 2. The first-order valence-electron chi connectivity index (χ1n) is 12.8. The number of pyridine rings is 2. The highest BCUT2D eigenvalue weighted by Crippen LogP contribution is 2.37. The molecular formula is C27H32F3N7O. The quantitative estimate of drug-likeness (QED) is 0.470. The summed E-state index contributed by atoms with van der Waals surface area (Å²) in [6, 6.07) is 8.74. The molecule has 2 fully saturated rings. The fraction of sp³-hybridized carbons (Fsp3) is 0.444. The second kappa shape index (κ2) is 10.4. The van der Waals surface area contributed by atoms with E-state index in [1.807, 2.05) is 12.1 Å². The molecule has 0 aliphatic carbocycles. The van der Waals surface area contributed by atoms with Crippen molar-refractivity contribution in [2.24, 2.45) is 11.7 Å². The van der Waals surface area contributed by atoms with Gasteiger partial charge >= 0.3 is 6.18 Å². The molecule has 2 aromatic heterocycles. The topological polar surface area (TPSA) is 113 Å². The van der Waals surface area contributed by atoms with E-state index in [9.17, 15) is 18.0 Å². The van der Waals surface area contributed by atoms with E-state index in [0.29, 0.717) is 17.1 Å². The van der Waals surface area contributed by atoms with Gasteiger partial charge < -0.3 is 26.6 Å². The van der Waals surface area contributed by atoms with Crippen LogP contribution < -0.4 is 21.7 Å². The Labute approximate surface area is 219 Å². The third-order valence-corrected chi connectivity index (χ3v) is 7.61. The van der Waals surface area contributed by atoms with Gasteiger partial charge in [0.05, 0.1) is 34.7 Å². The van der Waals surface area contributed by atoms with E-state index in [0.717, 1.165) is 31.3 Å². The van der Waals surface area contributed by atoms with Gasteiger partial charge in [0.1, 0.15) is 0 Å². The average molecular weight is 528 g/mol. The number of carbonyl (C=O) groups is 1. The van der Waals surface area contributed by atoms with Crippen LogP contribution in [0.2, 0.25) is 0 Å². The van der Waals surface area contributed by atoms with Crippen LogP contribution in [-0.4, -0.2) is 66.2 Å². The molecule has 8 nitrogen and oxygen atoms in total. The van der Waals surface area contributed by atoms with E-state index >= 15 is 0 Å². The van der Waals surface area contributed by atoms with Crippen LogP contribution in [0.3, 0.4) is 0 Å². The summed E-state index contributed by atoms with van der Waals surface area (Å²) in [6.45, 7) is 2.05. The van der Waals surface area contributed by atoms with E-state index in [1.54, 1.807) is 17.0 Å². The number of amides is 1. The smallest absolute Gasteiger partial charge is 0.393 e. The monoisotopic (exact) mass is 527 g/mol. The Balaban J connectivity index is 1.40. The van der Waals surface area contributed by atoms with Gasteiger partial charge in [-0.05, 0) is 69.1 Å². The highest BCUT2D eigenvalue weighted by Gasteiger charge is 2.44. The number of nitrogen functional groups attached to an aromatic ring is 1. The van der Waals surface area contributed by atoms with Gasteiger partial charge in [-0.3, -0.25) is 9.78 Å². The number of benzene rings is 1. The lowest BCUT2D eigenvalue weighted by Crippen LogP contribution is -2.51. The predicted molar refractivity (Wildman–Crippen MR) is 142 cm³/mol. The summed E-state index contributed by atoms with van der Waals surface area (Å²) in [5.41, 5.74) is 15.0. The van der Waals surface area contributed by atoms with Gasteiger partial charge in [0.15, 0.2) is 5.69 Å². The molecule has 5 rings (SSSR count). The number of fused-ring (bicyclic) bond motifs is 1. The van der Waals surface area contributed by atoms with Crippen LogP contribution in [0.15, 0.2) is 42.7 Å². The minimum Gasteiger partial charge on any atom is -0.397 e. The van der Waals surface area contributed by atoms with Gasteiger partial charge in [-0.15, -0.1) is 0 Å². The summed E-state index contributed by atoms with van der Waals surface area (Å²) in [7, 11) is 2.12. The van der Waals surface area contributed by atoms with Crippen molar-refractivity contribution in [2.75, 3.05) is 49.2 Å². The SMILES string of the molecule is CN1CCC(c2ccc3cc(N)c(C(=O)Nc4cnccc4N4CC(C(F)(F)F)C[C@H](N)C4)nc3c2)CC1. The molecule has 0 radical (unpaired) electrons. The fourth-order valence-corrected chi connectivity index (χ4v) is 5.49. The zero-order valence-corrected chi connectivity index (χ0v) is 21.2. The normalized spacial score (nSPS) is 21.6. The predicted octanol–water partition coefficient (Wildman–Crippen LogP) is 3.99. The van der Waals surface area contributed by atoms with Crippen molar-refractivity contribution in [1.82, 2.24) is 14.9 Å². The molecule has 1 unspecified atom stereocenters. The van der Waals surface area contributed by atoms with Gasteiger partial charge in [-0.25, -0.2) is 4.98 Å². The molecule has 4 heterocycles. The Bertz CT molecular complexity index is 1320. The molecule has 2 atom stereocenters. The van der Waals surface area contributed by atoms with E-state index in [1.165, 1.54) is 18.0 Å². The number of carbonyl (C=O) groups excluding carboxylic acids is 1. The Morgan fingerprint density at radius 2 is 1.89 bits per heavy atom. The van der Waals surface area contributed by atoms with E-state index in [-0.39, 0.29) is 36.6 Å². The third-order valence-electron chi connectivity index (χ3n) is 7.61. The lowest BCUT2D eigenvalue weighted by molar-refractivity contribution is -0.177. The highest BCUT2D eigenvalue weighted by atomic mass is 19.4. The number of rotatable bonds is 4. The van der Waals surface area contributed by atoms with Gasteiger partial charge in [0, 0.05) is 30.7 Å². The van der Waals surface area contributed by atoms with Gasteiger partial charge in [0.25, 0.3) is 5.91 Å². The molecule has 1 aromatic carbocycles. The fourth-order valence-electron chi connectivity index (χ4n) is 5.49. The Kier molecular flexibility index (Phi) is 7.15. The van der Waals surface area contributed by atoms with E-state index in [2.05, 4.69) is 33.3 Å². The molecule has 2 aliphatic rings. The number of hydrogen-bond acceptors (Lipinski definition) is 7. The van der Waals surface area contributed by atoms with Crippen molar-refractivity contribution < 1.29 is 18.0 Å². The van der Waals surface area contributed by atoms with Crippen LogP contribution in [0.5, 0.6) is 0 Å². The molecule has 11 heteroatoms. The van der Waals surface area contributed by atoms with Crippen LogP contribution in [0.1, 0.15) is 41.2 Å². The molecule has 2 aliphatic heterocycles. The molecule has 38 heavy (non-hydrogen) atoms. The molecule has 202 valence electrons. The maximum Gasteiger partial charge on any atom is 0.393 e. The number of nitrogens with one attached hydrogen (secondary N) is 1. The lowest BCUT2D eigenvalue weighted by Gasteiger charge is -2.39. The molecule has 1 amide bonds. The van der Waals surface area contributed by atoms with Gasteiger partial charge in [-0.2, -0.15) is 13.2 Å². The maximum absolute atomic E-state index is 13.5. The Morgan fingerprint density at radius 3 is 2.63 bits per heavy atom. The second-order valence-electron chi connectivity index (χ2n) is 10.4. The van der Waals surface area contributed by atoms with Crippen LogP contribution in [0.4, 0.5) is 30.2 Å². The summed E-state index contributed by atoms with van der Waals surface area (Å²) in [4.78, 5) is 25.8. The molecular weight excluding hydrogens is 495 g/mol. The molecule has 0 bridgehead atoms. The minimum absolute atomic E-state index is 0.0522. The number of nitrogens with zero attached hydrogens (tertiary/aromatic N) is 4. The van der Waals surface area contributed by atoms with Crippen LogP contribution >= 0.6 is 0 Å². The van der Waals surface area contributed by atoms with Crippen molar-refractivity contribution in [3.05, 3.63) is 54.0 Å². The second-order valence-corrected chi connectivity index (χ2v) is 10.4. The van der Waals surface area contributed by atoms with E-state index < -0.39 is 24.0 Å². The summed E-state index contributed by atoms with van der Waals surface area (Å²) >= 11 is 0. The average Bonchev–Trinajstić information content (AvgIpc) is 2.88. The number of halogens is 3. The van der Waals surface area contributed by atoms with Crippen LogP contribution in [-0.2, 0) is 0 Å². The van der Waals surface area contributed by atoms with E-state index in [4.69, 9.17) is 11.5 Å². The highest BCUT2D eigenvalue weighted by molar-refractivity contribution is 6.09. The molecule has 3 aromatic rings. The van der Waals surface area contributed by atoms with Crippen molar-refractivity contribution in [2.45, 2.75) is 37.4 Å². The van der Waals surface area contributed by atoms with Crippen LogP contribution in [0, 0.1) is 5.92 Å². The number of hydrogen-bond donors (Lipinski definition) is 3. The number of aromatic nitrogens is 2. The van der Waals surface area contributed by atoms with Crippen molar-refractivity contribution >= 4 is 33.9 Å². The Morgan fingerprint density at radius 1 is 1.13 bits per heavy atom. The number of anilines is 3. The Hall–Kier alpha value is -3.44. The number of alkyl halides is 3. The van der Waals surface area contributed by atoms with Crippen molar-refractivity contribution in [1.29, 1.82) is 0 Å². The van der Waals surface area contributed by atoms with Gasteiger partial charge in [0.2, 0.25) is 0 Å². The first-order valence-corrected chi connectivity index (χ1v) is 12.8. The largest absolute Gasteiger partial charge is 0.397 e. The summed E-state index contributed by atoms with van der Waals surface area (Å²) in [5, 5.41) is 3.60. The van der Waals surface area contributed by atoms with Gasteiger partial charge in [-0.1, -0.05) is 12.1 Å². The summed E-state index contributed by atoms with van der Waals surface area (Å²) < 4.78 is 40.5. The molecule has 0 spiro atoms.